The summed E-state index contributed by atoms with van der Waals surface area (Å²) in [5.74, 6) is 0. The number of hydrogen-bond acceptors (Lipinski definition) is 4. The lowest BCUT2D eigenvalue weighted by atomic mass is 10.4. The van der Waals surface area contributed by atoms with Crippen LogP contribution in [0.3, 0.4) is 0 Å². The van der Waals surface area contributed by atoms with Crippen molar-refractivity contribution in [2.45, 2.75) is 26.4 Å². The molecule has 0 aliphatic rings. The van der Waals surface area contributed by atoms with E-state index in [9.17, 15) is 0 Å². The molecule has 0 saturated carbocycles. The van der Waals surface area contributed by atoms with Crippen molar-refractivity contribution in [3.8, 4) is 10.6 Å². The summed E-state index contributed by atoms with van der Waals surface area (Å²) in [6.07, 6.45) is 0. The quantitative estimate of drug-likeness (QED) is 0.909. The van der Waals surface area contributed by atoms with Gasteiger partial charge in [0.1, 0.15) is 5.01 Å². The number of aromatic nitrogens is 1. The van der Waals surface area contributed by atoms with Crippen LogP contribution in [-0.4, -0.2) is 11.0 Å². The van der Waals surface area contributed by atoms with Gasteiger partial charge in [0.25, 0.3) is 0 Å². The van der Waals surface area contributed by atoms with Crippen LogP contribution in [0.25, 0.3) is 10.6 Å². The predicted molar refractivity (Wildman–Crippen MR) is 72.4 cm³/mol. The van der Waals surface area contributed by atoms with Gasteiger partial charge in [-0.25, -0.2) is 4.98 Å². The molecule has 16 heavy (non-hydrogen) atoms. The lowest BCUT2D eigenvalue weighted by Gasteiger charge is -2.04. The van der Waals surface area contributed by atoms with Crippen LogP contribution < -0.4 is 5.32 Å². The Labute approximate surface area is 108 Å². The van der Waals surface area contributed by atoms with E-state index in [-0.39, 0.29) is 0 Å². The molecule has 2 nitrogen and oxygen atoms in total. The molecular formula is C11H13ClN2S2. The van der Waals surface area contributed by atoms with Gasteiger partial charge in [0.05, 0.1) is 14.9 Å². The molecule has 2 rings (SSSR count). The van der Waals surface area contributed by atoms with Crippen LogP contribution in [0, 0.1) is 0 Å². The van der Waals surface area contributed by atoms with Crippen molar-refractivity contribution < 1.29 is 0 Å². The number of nitrogens with one attached hydrogen (secondary N) is 1. The summed E-state index contributed by atoms with van der Waals surface area (Å²) in [7, 11) is 0. The maximum absolute atomic E-state index is 5.90. The van der Waals surface area contributed by atoms with Crippen LogP contribution in [0.2, 0.25) is 4.34 Å². The van der Waals surface area contributed by atoms with Crippen molar-refractivity contribution in [3.63, 3.8) is 0 Å². The van der Waals surface area contributed by atoms with E-state index >= 15 is 0 Å². The number of thiophene rings is 1. The average molecular weight is 273 g/mol. The van der Waals surface area contributed by atoms with Crippen LogP contribution in [0.15, 0.2) is 17.5 Å². The van der Waals surface area contributed by atoms with Gasteiger partial charge < -0.3 is 5.32 Å². The van der Waals surface area contributed by atoms with Crippen molar-refractivity contribution in [2.24, 2.45) is 0 Å². The normalized spacial score (nSPS) is 11.2. The first-order valence-electron chi connectivity index (χ1n) is 5.08. The van der Waals surface area contributed by atoms with E-state index in [1.165, 1.54) is 0 Å². The van der Waals surface area contributed by atoms with E-state index in [1.807, 2.05) is 12.1 Å². The summed E-state index contributed by atoms with van der Waals surface area (Å²) in [4.78, 5) is 5.71. The Hall–Kier alpha value is -0.420. The zero-order valence-electron chi connectivity index (χ0n) is 9.16. The molecule has 1 N–H and O–H groups in total. The molecule has 0 radical (unpaired) electrons. The Morgan fingerprint density at radius 1 is 1.44 bits per heavy atom. The van der Waals surface area contributed by atoms with Gasteiger partial charge in [-0.15, -0.1) is 22.7 Å². The molecule has 0 atom stereocenters. The Balaban J connectivity index is 2.07. The molecular weight excluding hydrogens is 260 g/mol. The van der Waals surface area contributed by atoms with Crippen molar-refractivity contribution in [1.82, 2.24) is 10.3 Å². The first-order chi connectivity index (χ1) is 7.65. The van der Waals surface area contributed by atoms with Gasteiger partial charge in [-0.3, -0.25) is 0 Å². The molecule has 86 valence electrons. The van der Waals surface area contributed by atoms with Gasteiger partial charge in [-0.2, -0.15) is 0 Å². The van der Waals surface area contributed by atoms with Gasteiger partial charge >= 0.3 is 0 Å². The Kier molecular flexibility index (Phi) is 3.97. The third kappa shape index (κ3) is 3.04. The lowest BCUT2D eigenvalue weighted by molar-refractivity contribution is 0.587. The minimum absolute atomic E-state index is 0.489. The zero-order chi connectivity index (χ0) is 11.5. The van der Waals surface area contributed by atoms with Crippen LogP contribution >= 0.6 is 34.3 Å². The Bertz CT molecular complexity index is 462. The number of halogens is 1. The zero-order valence-corrected chi connectivity index (χ0v) is 11.5. The highest BCUT2D eigenvalue weighted by atomic mass is 35.5. The lowest BCUT2D eigenvalue weighted by Crippen LogP contribution is -2.21. The van der Waals surface area contributed by atoms with Crippen molar-refractivity contribution in [2.75, 3.05) is 0 Å². The highest BCUT2D eigenvalue weighted by Crippen LogP contribution is 2.31. The molecule has 0 aromatic carbocycles. The molecule has 0 spiro atoms. The molecule has 2 aromatic heterocycles. The highest BCUT2D eigenvalue weighted by molar-refractivity contribution is 7.19. The van der Waals surface area contributed by atoms with Gasteiger partial charge in [-0.1, -0.05) is 25.4 Å². The number of nitrogens with zero attached hydrogens (tertiary/aromatic N) is 1. The first kappa shape index (κ1) is 12.0. The molecule has 0 amide bonds. The molecule has 0 bridgehead atoms. The molecule has 2 aromatic rings. The number of hydrogen-bond donors (Lipinski definition) is 1. The maximum Gasteiger partial charge on any atom is 0.107 e. The van der Waals surface area contributed by atoms with Crippen molar-refractivity contribution in [3.05, 3.63) is 26.9 Å². The summed E-state index contributed by atoms with van der Waals surface area (Å²) >= 11 is 9.15. The SMILES string of the molecule is CC(C)NCc1nc(-c2ccc(Cl)s2)cs1. The molecule has 5 heteroatoms. The third-order valence-electron chi connectivity index (χ3n) is 2.04. The molecule has 0 unspecified atom stereocenters. The van der Waals surface area contributed by atoms with Crippen molar-refractivity contribution >= 4 is 34.3 Å². The van der Waals surface area contributed by atoms with Crippen molar-refractivity contribution in [1.29, 1.82) is 0 Å². The van der Waals surface area contributed by atoms with Gasteiger partial charge in [0.2, 0.25) is 0 Å². The number of rotatable bonds is 4. The number of thiazole rings is 1. The van der Waals surface area contributed by atoms with E-state index in [4.69, 9.17) is 11.6 Å². The van der Waals surface area contributed by atoms with E-state index in [0.29, 0.717) is 6.04 Å². The van der Waals surface area contributed by atoms with Crippen LogP contribution in [0.5, 0.6) is 0 Å². The summed E-state index contributed by atoms with van der Waals surface area (Å²) in [6, 6.07) is 4.41. The van der Waals surface area contributed by atoms with Crippen LogP contribution in [0.4, 0.5) is 0 Å². The first-order valence-corrected chi connectivity index (χ1v) is 7.16. The predicted octanol–water partition coefficient (Wildman–Crippen LogP) is 4.02. The monoisotopic (exact) mass is 272 g/mol. The summed E-state index contributed by atoms with van der Waals surface area (Å²) < 4.78 is 0.810. The fourth-order valence-electron chi connectivity index (χ4n) is 1.25. The summed E-state index contributed by atoms with van der Waals surface area (Å²) in [5, 5.41) is 6.56. The summed E-state index contributed by atoms with van der Waals surface area (Å²) in [6.45, 7) is 5.10. The average Bonchev–Trinajstić information content (AvgIpc) is 2.83. The van der Waals surface area contributed by atoms with E-state index < -0.39 is 0 Å². The highest BCUT2D eigenvalue weighted by Gasteiger charge is 2.07. The molecule has 0 aliphatic carbocycles. The van der Waals surface area contributed by atoms with Gasteiger partial charge in [0.15, 0.2) is 0 Å². The molecule has 0 aliphatic heterocycles. The summed E-state index contributed by atoms with van der Waals surface area (Å²) in [5.41, 5.74) is 1.03. The molecule has 0 fully saturated rings. The van der Waals surface area contributed by atoms with Crippen LogP contribution in [0.1, 0.15) is 18.9 Å². The van der Waals surface area contributed by atoms with Gasteiger partial charge in [0, 0.05) is 18.0 Å². The van der Waals surface area contributed by atoms with E-state index in [0.717, 1.165) is 26.5 Å². The van der Waals surface area contributed by atoms with E-state index in [2.05, 4.69) is 29.5 Å². The topological polar surface area (TPSA) is 24.9 Å². The molecule has 2 heterocycles. The largest absolute Gasteiger partial charge is 0.308 e. The Morgan fingerprint density at radius 3 is 2.88 bits per heavy atom. The fraction of sp³-hybridized carbons (Fsp3) is 0.364. The third-order valence-corrected chi connectivity index (χ3v) is 4.14. The van der Waals surface area contributed by atoms with Crippen LogP contribution in [-0.2, 0) is 6.54 Å². The smallest absolute Gasteiger partial charge is 0.107 e. The minimum atomic E-state index is 0.489. The fourth-order valence-corrected chi connectivity index (χ4v) is 3.07. The Morgan fingerprint density at radius 2 is 2.25 bits per heavy atom. The second kappa shape index (κ2) is 5.27. The second-order valence-electron chi connectivity index (χ2n) is 3.77. The second-order valence-corrected chi connectivity index (χ2v) is 6.42. The van der Waals surface area contributed by atoms with Gasteiger partial charge in [-0.05, 0) is 12.1 Å². The molecule has 0 saturated heterocycles. The van der Waals surface area contributed by atoms with E-state index in [1.54, 1.807) is 22.7 Å². The standard InChI is InChI=1S/C11H13ClN2S2/c1-7(2)13-5-11-14-8(6-15-11)9-3-4-10(12)16-9/h3-4,6-7,13H,5H2,1-2H3. The maximum atomic E-state index is 5.90. The minimum Gasteiger partial charge on any atom is -0.308 e.